The van der Waals surface area contributed by atoms with Gasteiger partial charge in [-0.1, -0.05) is 56.9 Å². The minimum absolute atomic E-state index is 0.405. The first-order chi connectivity index (χ1) is 14.4. The maximum absolute atomic E-state index is 12.2. The first kappa shape index (κ1) is 26.2. The van der Waals surface area contributed by atoms with Gasteiger partial charge in [0.15, 0.2) is 6.10 Å². The molecule has 0 aromatic heterocycles. The summed E-state index contributed by atoms with van der Waals surface area (Å²) in [6.07, 6.45) is 13.6. The number of unbranched alkanes of at least 4 members (excludes halogenated alkanes) is 7. The number of carbonyl (C=O) groups excluding carboxylic acids is 1. The second-order valence-corrected chi connectivity index (χ2v) is 7.75. The van der Waals surface area contributed by atoms with Crippen LogP contribution in [0.15, 0.2) is 12.2 Å². The van der Waals surface area contributed by atoms with Crippen LogP contribution in [0.1, 0.15) is 85.0 Å². The molecule has 0 aromatic carbocycles. The van der Waals surface area contributed by atoms with Crippen LogP contribution in [0.5, 0.6) is 0 Å². The lowest BCUT2D eigenvalue weighted by molar-refractivity contribution is -0.406. The van der Waals surface area contributed by atoms with Crippen molar-refractivity contribution in [2.45, 2.75) is 103 Å². The molecule has 3 unspecified atom stereocenters. The number of hydrogen-bond acceptors (Lipinski definition) is 5. The van der Waals surface area contributed by atoms with Crippen molar-refractivity contribution in [1.82, 2.24) is 0 Å². The summed E-state index contributed by atoms with van der Waals surface area (Å²) in [7, 11) is 2.98. The summed E-state index contributed by atoms with van der Waals surface area (Å²) in [5, 5.41) is 0. The van der Waals surface area contributed by atoms with Crippen LogP contribution in [0, 0.1) is 23.7 Å². The summed E-state index contributed by atoms with van der Waals surface area (Å²) in [4.78, 5) is 12.2. The molecule has 168 valence electrons. The molecule has 0 aliphatic carbocycles. The van der Waals surface area contributed by atoms with Gasteiger partial charge in [0, 0.05) is 27.6 Å². The molecule has 5 nitrogen and oxygen atoms in total. The van der Waals surface area contributed by atoms with Crippen LogP contribution in [0.3, 0.4) is 0 Å². The number of hydrogen-bond donors (Lipinski definition) is 0. The van der Waals surface area contributed by atoms with Gasteiger partial charge in [-0.25, -0.2) is 4.79 Å². The third kappa shape index (κ3) is 8.52. The smallest absolute Gasteiger partial charge is 0.338 e. The lowest BCUT2D eigenvalue weighted by Gasteiger charge is -2.47. The van der Waals surface area contributed by atoms with Gasteiger partial charge in [0.05, 0.1) is 0 Å². The molecule has 1 fully saturated rings. The highest BCUT2D eigenvalue weighted by Crippen LogP contribution is 2.38. The summed E-state index contributed by atoms with van der Waals surface area (Å²) in [6, 6.07) is 0. The van der Waals surface area contributed by atoms with E-state index >= 15 is 0 Å². The zero-order chi connectivity index (χ0) is 22.3. The Morgan fingerprint density at radius 3 is 2.43 bits per heavy atom. The third-order valence-corrected chi connectivity index (χ3v) is 5.45. The van der Waals surface area contributed by atoms with Crippen molar-refractivity contribution >= 4 is 5.97 Å². The number of allylic oxidation sites excluding steroid dienone is 2. The molecule has 0 aromatic rings. The molecule has 1 aliphatic rings. The molecule has 0 radical (unpaired) electrons. The largest absolute Gasteiger partial charge is 0.425 e. The van der Waals surface area contributed by atoms with Crippen LogP contribution < -0.4 is 0 Å². The monoisotopic (exact) mass is 418 g/mol. The van der Waals surface area contributed by atoms with Crippen LogP contribution in [0.2, 0.25) is 0 Å². The minimum Gasteiger partial charge on any atom is -0.425 e. The molecular weight excluding hydrogens is 380 g/mol. The maximum Gasteiger partial charge on any atom is 0.338 e. The molecule has 0 amide bonds. The summed E-state index contributed by atoms with van der Waals surface area (Å²) in [6.45, 7) is 5.56. The van der Waals surface area contributed by atoms with Crippen LogP contribution in [-0.2, 0) is 23.7 Å². The second kappa shape index (κ2) is 14.3. The average molecular weight is 419 g/mol. The van der Waals surface area contributed by atoms with Gasteiger partial charge < -0.3 is 18.9 Å². The number of esters is 1. The molecule has 0 saturated carbocycles. The van der Waals surface area contributed by atoms with E-state index in [2.05, 4.69) is 36.7 Å². The lowest BCUT2D eigenvalue weighted by atomic mass is 10.0. The van der Waals surface area contributed by atoms with Crippen molar-refractivity contribution in [3.8, 4) is 23.7 Å². The first-order valence-electron chi connectivity index (χ1n) is 11.1. The Labute approximate surface area is 182 Å². The molecule has 0 bridgehead atoms. The van der Waals surface area contributed by atoms with E-state index in [0.29, 0.717) is 6.42 Å². The van der Waals surface area contributed by atoms with Crippen molar-refractivity contribution in [2.24, 2.45) is 0 Å². The van der Waals surface area contributed by atoms with E-state index < -0.39 is 23.6 Å². The van der Waals surface area contributed by atoms with Crippen molar-refractivity contribution < 1.29 is 23.7 Å². The third-order valence-electron chi connectivity index (χ3n) is 5.45. The van der Waals surface area contributed by atoms with Crippen LogP contribution >= 0.6 is 0 Å². The number of ether oxygens (including phenoxy) is 4. The van der Waals surface area contributed by atoms with Crippen molar-refractivity contribution in [3.05, 3.63) is 12.2 Å². The van der Waals surface area contributed by atoms with E-state index in [1.54, 1.807) is 13.8 Å². The summed E-state index contributed by atoms with van der Waals surface area (Å²) in [5.74, 6) is 9.00. The fourth-order valence-corrected chi connectivity index (χ4v) is 3.15. The SMILES string of the molecule is CCCCC/C=C/C#CC#CCCCCCCC1OC(C)(OC)C(C)(OC)OC1=O. The quantitative estimate of drug-likeness (QED) is 0.250. The van der Waals surface area contributed by atoms with E-state index in [1.807, 2.05) is 6.08 Å². The van der Waals surface area contributed by atoms with E-state index in [1.165, 1.54) is 33.5 Å². The lowest BCUT2D eigenvalue weighted by Crippen LogP contribution is -2.64. The van der Waals surface area contributed by atoms with E-state index in [4.69, 9.17) is 18.9 Å². The zero-order valence-corrected chi connectivity index (χ0v) is 19.3. The number of cyclic esters (lactones) is 1. The van der Waals surface area contributed by atoms with E-state index in [9.17, 15) is 4.79 Å². The number of methoxy groups -OCH3 is 2. The minimum atomic E-state index is -1.26. The molecule has 1 aliphatic heterocycles. The Morgan fingerprint density at radius 1 is 1.00 bits per heavy atom. The van der Waals surface area contributed by atoms with Gasteiger partial charge in [-0.3, -0.25) is 0 Å². The fourth-order valence-electron chi connectivity index (χ4n) is 3.15. The number of rotatable bonds is 12. The van der Waals surface area contributed by atoms with Crippen molar-refractivity contribution in [2.75, 3.05) is 14.2 Å². The van der Waals surface area contributed by atoms with Crippen LogP contribution in [0.25, 0.3) is 0 Å². The summed E-state index contributed by atoms with van der Waals surface area (Å²) < 4.78 is 22.1. The Balaban J connectivity index is 2.20. The topological polar surface area (TPSA) is 54.0 Å². The van der Waals surface area contributed by atoms with E-state index in [0.717, 1.165) is 38.5 Å². The first-order valence-corrected chi connectivity index (χ1v) is 11.1. The second-order valence-electron chi connectivity index (χ2n) is 7.75. The van der Waals surface area contributed by atoms with Gasteiger partial charge >= 0.3 is 5.97 Å². The van der Waals surface area contributed by atoms with Gasteiger partial charge in [-0.2, -0.15) is 0 Å². The Hall–Kier alpha value is -1.79. The standard InChI is InChI=1S/C25H38O5/c1-6-7-8-9-10-11-12-13-14-15-16-17-18-19-20-21-22-23(26)30-25(3,28-5)24(2,27-4)29-22/h10-11,22H,6-9,16-21H2,1-5H3/b11-10+. The molecule has 1 heterocycles. The molecule has 0 spiro atoms. The predicted molar refractivity (Wildman–Crippen MR) is 118 cm³/mol. The summed E-state index contributed by atoms with van der Waals surface area (Å²) >= 11 is 0. The number of carbonyl (C=O) groups is 1. The maximum atomic E-state index is 12.2. The van der Waals surface area contributed by atoms with Crippen molar-refractivity contribution in [1.29, 1.82) is 0 Å². The normalized spacial score (nSPS) is 25.9. The van der Waals surface area contributed by atoms with Gasteiger partial charge in [-0.05, 0) is 50.5 Å². The Morgan fingerprint density at radius 2 is 1.73 bits per heavy atom. The molecular formula is C25H38O5. The van der Waals surface area contributed by atoms with Gasteiger partial charge in [0.1, 0.15) is 0 Å². The highest BCUT2D eigenvalue weighted by atomic mass is 16.8. The van der Waals surface area contributed by atoms with Crippen LogP contribution in [0.4, 0.5) is 0 Å². The summed E-state index contributed by atoms with van der Waals surface area (Å²) in [5.41, 5.74) is 0. The molecule has 0 N–H and O–H groups in total. The Kier molecular flexibility index (Phi) is 12.5. The van der Waals surface area contributed by atoms with Gasteiger partial charge in [-0.15, -0.1) is 0 Å². The molecule has 1 rings (SSSR count). The fraction of sp³-hybridized carbons (Fsp3) is 0.720. The Bertz CT molecular complexity index is 662. The average Bonchev–Trinajstić information content (AvgIpc) is 2.74. The molecule has 3 atom stereocenters. The molecule has 30 heavy (non-hydrogen) atoms. The predicted octanol–water partition coefficient (Wildman–Crippen LogP) is 5.14. The van der Waals surface area contributed by atoms with Crippen LogP contribution in [-0.4, -0.2) is 37.9 Å². The van der Waals surface area contributed by atoms with E-state index in [-0.39, 0.29) is 0 Å². The molecule has 5 heteroatoms. The molecule has 1 saturated heterocycles. The highest BCUT2D eigenvalue weighted by molar-refractivity contribution is 5.75. The highest BCUT2D eigenvalue weighted by Gasteiger charge is 2.57. The van der Waals surface area contributed by atoms with Gasteiger partial charge in [0.25, 0.3) is 5.79 Å². The van der Waals surface area contributed by atoms with Gasteiger partial charge in [0.2, 0.25) is 5.79 Å². The zero-order valence-electron chi connectivity index (χ0n) is 19.3. The van der Waals surface area contributed by atoms with Crippen molar-refractivity contribution in [3.63, 3.8) is 0 Å².